The molecule has 136 valence electrons. The van der Waals surface area contributed by atoms with Crippen LogP contribution in [-0.2, 0) is 5.41 Å². The summed E-state index contributed by atoms with van der Waals surface area (Å²) in [7, 11) is 1.82. The molecule has 0 N–H and O–H groups in total. The highest BCUT2D eigenvalue weighted by Crippen LogP contribution is 2.61. The Hall–Kier alpha value is -1.75. The Morgan fingerprint density at radius 3 is 2.31 bits per heavy atom. The molecule has 0 aliphatic heterocycles. The van der Waals surface area contributed by atoms with E-state index in [9.17, 15) is 4.79 Å². The quantitative estimate of drug-likeness (QED) is 0.797. The van der Waals surface area contributed by atoms with E-state index >= 15 is 0 Å². The molecule has 1 heterocycles. The van der Waals surface area contributed by atoms with E-state index in [0.717, 1.165) is 34.0 Å². The average Bonchev–Trinajstić information content (AvgIpc) is 3.11. The van der Waals surface area contributed by atoms with Crippen molar-refractivity contribution in [1.29, 1.82) is 0 Å². The maximum absolute atomic E-state index is 12.9. The predicted molar refractivity (Wildman–Crippen MR) is 104 cm³/mol. The lowest BCUT2D eigenvalue weighted by Crippen LogP contribution is -2.48. The lowest BCUT2D eigenvalue weighted by atomic mass is 9.50. The first-order valence-electron chi connectivity index (χ1n) is 9.72. The van der Waals surface area contributed by atoms with Gasteiger partial charge in [-0.2, -0.15) is 0 Å². The summed E-state index contributed by atoms with van der Waals surface area (Å²) >= 11 is 1.64. The number of nitrogens with zero attached hydrogens (tertiary/aromatic N) is 3. The lowest BCUT2D eigenvalue weighted by molar-refractivity contribution is -0.00555. The first-order valence-corrected chi connectivity index (χ1v) is 10.5. The van der Waals surface area contributed by atoms with Crippen LogP contribution in [0.1, 0.15) is 59.5 Å². The number of rotatable bonds is 3. The van der Waals surface area contributed by atoms with Crippen LogP contribution >= 0.6 is 11.3 Å². The third-order valence-corrected chi connectivity index (χ3v) is 8.12. The highest BCUT2D eigenvalue weighted by molar-refractivity contribution is 7.15. The Morgan fingerprint density at radius 1 is 1.08 bits per heavy atom. The molecule has 1 aromatic carbocycles. The number of benzene rings is 1. The van der Waals surface area contributed by atoms with Gasteiger partial charge in [-0.1, -0.05) is 29.5 Å². The molecular formula is C21H25N3OS. The molecule has 1 aromatic heterocycles. The van der Waals surface area contributed by atoms with Crippen molar-refractivity contribution < 1.29 is 4.79 Å². The van der Waals surface area contributed by atoms with E-state index in [4.69, 9.17) is 0 Å². The number of hydrogen-bond acceptors (Lipinski definition) is 4. The fourth-order valence-corrected chi connectivity index (χ4v) is 7.04. The minimum absolute atomic E-state index is 0.00341. The number of aryl methyl sites for hydroxylation is 1. The molecule has 4 aliphatic carbocycles. The van der Waals surface area contributed by atoms with Gasteiger partial charge in [0.15, 0.2) is 0 Å². The largest absolute Gasteiger partial charge is 0.286 e. The van der Waals surface area contributed by atoms with Crippen LogP contribution in [0.15, 0.2) is 24.3 Å². The molecule has 0 atom stereocenters. The Kier molecular flexibility index (Phi) is 3.71. The third-order valence-electron chi connectivity index (χ3n) is 6.87. The standard InChI is InChI=1S/C21H25N3OS/c1-13-5-3-4-6-17(13)18(25)24(2)20-23-22-19(26-20)21-10-14-7-15(11-21)9-16(8-14)12-21/h3-6,14-16H,7-12H2,1-2H3. The van der Waals surface area contributed by atoms with Crippen LogP contribution in [0, 0.1) is 24.7 Å². The SMILES string of the molecule is Cc1ccccc1C(=O)N(C)c1nnc(C23CC4CC(CC(C4)C2)C3)s1. The number of carbonyl (C=O) groups excluding carboxylic acids is 1. The van der Waals surface area contributed by atoms with Gasteiger partial charge < -0.3 is 0 Å². The van der Waals surface area contributed by atoms with E-state index in [0.29, 0.717) is 0 Å². The molecule has 6 rings (SSSR count). The molecular weight excluding hydrogens is 342 g/mol. The molecule has 0 radical (unpaired) electrons. The van der Waals surface area contributed by atoms with Crippen molar-refractivity contribution in [2.24, 2.45) is 17.8 Å². The van der Waals surface area contributed by atoms with Crippen LogP contribution in [-0.4, -0.2) is 23.2 Å². The molecule has 4 nitrogen and oxygen atoms in total. The number of carbonyl (C=O) groups is 1. The smallest absolute Gasteiger partial charge is 0.260 e. The van der Waals surface area contributed by atoms with Gasteiger partial charge in [0.05, 0.1) is 0 Å². The van der Waals surface area contributed by atoms with E-state index in [-0.39, 0.29) is 11.3 Å². The highest BCUT2D eigenvalue weighted by atomic mass is 32.1. The van der Waals surface area contributed by atoms with Gasteiger partial charge in [0.2, 0.25) is 5.13 Å². The van der Waals surface area contributed by atoms with E-state index in [2.05, 4.69) is 10.2 Å². The maximum Gasteiger partial charge on any atom is 0.260 e. The number of hydrogen-bond donors (Lipinski definition) is 0. The summed E-state index contributed by atoms with van der Waals surface area (Å²) in [6.45, 7) is 1.97. The first kappa shape index (κ1) is 16.4. The fourth-order valence-electron chi connectivity index (χ4n) is 6.02. The zero-order valence-electron chi connectivity index (χ0n) is 15.4. The molecule has 0 spiro atoms. The zero-order chi connectivity index (χ0) is 17.9. The zero-order valence-corrected chi connectivity index (χ0v) is 16.3. The summed E-state index contributed by atoms with van der Waals surface area (Å²) in [5.74, 6) is 2.66. The Morgan fingerprint density at radius 2 is 1.69 bits per heavy atom. The molecule has 4 fully saturated rings. The highest BCUT2D eigenvalue weighted by Gasteiger charge is 2.53. The van der Waals surface area contributed by atoms with E-state index in [1.165, 1.54) is 43.5 Å². The second-order valence-corrected chi connectivity index (χ2v) is 9.72. The summed E-state index contributed by atoms with van der Waals surface area (Å²) in [6, 6.07) is 7.73. The van der Waals surface area contributed by atoms with Crippen molar-refractivity contribution in [3.05, 3.63) is 40.4 Å². The van der Waals surface area contributed by atoms with Gasteiger partial charge in [0.25, 0.3) is 5.91 Å². The molecule has 1 amide bonds. The van der Waals surface area contributed by atoms with Gasteiger partial charge >= 0.3 is 0 Å². The van der Waals surface area contributed by atoms with Crippen LogP contribution in [0.25, 0.3) is 0 Å². The number of amides is 1. The average molecular weight is 368 g/mol. The maximum atomic E-state index is 12.9. The minimum Gasteiger partial charge on any atom is -0.286 e. The first-order chi connectivity index (χ1) is 12.5. The molecule has 0 unspecified atom stereocenters. The Balaban J connectivity index is 1.42. The van der Waals surface area contributed by atoms with Crippen molar-refractivity contribution in [2.75, 3.05) is 11.9 Å². The molecule has 4 saturated carbocycles. The van der Waals surface area contributed by atoms with Crippen LogP contribution in [0.3, 0.4) is 0 Å². The minimum atomic E-state index is -0.00341. The van der Waals surface area contributed by atoms with Gasteiger partial charge in [-0.25, -0.2) is 0 Å². The van der Waals surface area contributed by atoms with Gasteiger partial charge in [0, 0.05) is 18.0 Å². The lowest BCUT2D eigenvalue weighted by Gasteiger charge is -2.55. The Labute approximate surface area is 158 Å². The summed E-state index contributed by atoms with van der Waals surface area (Å²) < 4.78 is 0. The fraction of sp³-hybridized carbons (Fsp3) is 0.571. The van der Waals surface area contributed by atoms with Gasteiger partial charge in [-0.15, -0.1) is 10.2 Å². The summed E-state index contributed by atoms with van der Waals surface area (Å²) in [4.78, 5) is 14.6. The Bertz CT molecular complexity index is 823. The van der Waals surface area contributed by atoms with Crippen LogP contribution in [0.5, 0.6) is 0 Å². The van der Waals surface area contributed by atoms with Crippen molar-refractivity contribution in [3.63, 3.8) is 0 Å². The molecule has 4 bridgehead atoms. The predicted octanol–water partition coefficient (Wildman–Crippen LogP) is 4.59. The van der Waals surface area contributed by atoms with Crippen LogP contribution in [0.4, 0.5) is 5.13 Å². The van der Waals surface area contributed by atoms with E-state index in [1.54, 1.807) is 16.2 Å². The van der Waals surface area contributed by atoms with Crippen molar-refractivity contribution in [1.82, 2.24) is 10.2 Å². The molecule has 26 heavy (non-hydrogen) atoms. The molecule has 4 aliphatic rings. The monoisotopic (exact) mass is 367 g/mol. The van der Waals surface area contributed by atoms with E-state index < -0.39 is 0 Å². The summed E-state index contributed by atoms with van der Waals surface area (Å²) in [6.07, 6.45) is 8.12. The second kappa shape index (κ2) is 5.88. The van der Waals surface area contributed by atoms with Crippen LogP contribution in [0.2, 0.25) is 0 Å². The molecule has 2 aromatic rings. The second-order valence-electron chi connectivity index (χ2n) is 8.77. The van der Waals surface area contributed by atoms with Gasteiger partial charge in [-0.3, -0.25) is 9.69 Å². The third kappa shape index (κ3) is 2.51. The van der Waals surface area contributed by atoms with Crippen molar-refractivity contribution >= 4 is 22.4 Å². The summed E-state index contributed by atoms with van der Waals surface area (Å²) in [5.41, 5.74) is 1.98. The molecule has 0 saturated heterocycles. The molecule has 5 heteroatoms. The summed E-state index contributed by atoms with van der Waals surface area (Å²) in [5, 5.41) is 10.9. The van der Waals surface area contributed by atoms with Crippen LogP contribution < -0.4 is 4.90 Å². The van der Waals surface area contributed by atoms with E-state index in [1.807, 2.05) is 38.2 Å². The number of aromatic nitrogens is 2. The van der Waals surface area contributed by atoms with Gasteiger partial charge in [0.1, 0.15) is 5.01 Å². The van der Waals surface area contributed by atoms with Crippen molar-refractivity contribution in [3.8, 4) is 0 Å². The van der Waals surface area contributed by atoms with Gasteiger partial charge in [-0.05, 0) is 74.8 Å². The normalized spacial score (nSPS) is 32.0. The number of anilines is 1. The van der Waals surface area contributed by atoms with Crippen molar-refractivity contribution in [2.45, 2.75) is 50.9 Å². The topological polar surface area (TPSA) is 46.1 Å².